The Balaban J connectivity index is 1.24. The summed E-state index contributed by atoms with van der Waals surface area (Å²) in [6.45, 7) is -0.974. The molecular formula is C30H38FN5O15P2S. The molecule has 0 saturated carbocycles. The van der Waals surface area contributed by atoms with Crippen LogP contribution in [0.1, 0.15) is 44.3 Å². The van der Waals surface area contributed by atoms with Crippen molar-refractivity contribution in [2.45, 2.75) is 76.9 Å². The molecule has 0 bridgehead atoms. The molecule has 2 saturated heterocycles. The first-order valence-electron chi connectivity index (χ1n) is 16.2. The molecule has 54 heavy (non-hydrogen) atoms. The van der Waals surface area contributed by atoms with Gasteiger partial charge in [0, 0.05) is 25.3 Å². The summed E-state index contributed by atoms with van der Waals surface area (Å²) in [5.41, 5.74) is 0.592. The Bertz CT molecular complexity index is 1930. The van der Waals surface area contributed by atoms with Crippen LogP contribution in [0.4, 0.5) is 10.2 Å². The second kappa shape index (κ2) is 17.2. The quantitative estimate of drug-likeness (QED) is 0.115. The largest absolute Gasteiger partial charge is 0.481 e. The van der Waals surface area contributed by atoms with E-state index in [1.54, 1.807) is 44.2 Å². The van der Waals surface area contributed by atoms with Gasteiger partial charge < -0.3 is 48.8 Å². The number of esters is 2. The van der Waals surface area contributed by atoms with Crippen molar-refractivity contribution in [3.63, 3.8) is 0 Å². The van der Waals surface area contributed by atoms with Crippen molar-refractivity contribution in [1.29, 1.82) is 0 Å². The Morgan fingerprint density at radius 1 is 1.04 bits per heavy atom. The van der Waals surface area contributed by atoms with E-state index >= 15 is 4.39 Å². The number of rotatable bonds is 14. The lowest BCUT2D eigenvalue weighted by molar-refractivity contribution is -0.262. The van der Waals surface area contributed by atoms with Crippen LogP contribution >= 0.6 is 14.5 Å². The van der Waals surface area contributed by atoms with E-state index in [9.17, 15) is 38.9 Å². The van der Waals surface area contributed by atoms with Gasteiger partial charge >= 0.3 is 26.5 Å². The maximum absolute atomic E-state index is 15.1. The highest BCUT2D eigenvalue weighted by Gasteiger charge is 2.51. The molecule has 2 aliphatic rings. The number of carbonyl (C=O) groups excluding carboxylic acids is 3. The van der Waals surface area contributed by atoms with Crippen molar-refractivity contribution >= 4 is 61.2 Å². The third kappa shape index (κ3) is 9.89. The molecule has 0 spiro atoms. The van der Waals surface area contributed by atoms with Gasteiger partial charge in [-0.3, -0.25) is 23.5 Å². The molecule has 1 aromatic carbocycles. The first-order chi connectivity index (χ1) is 25.4. The summed E-state index contributed by atoms with van der Waals surface area (Å²) in [4.78, 5) is 69.5. The number of hydrogen-bond donors (Lipinski definition) is 5. The highest BCUT2D eigenvalue weighted by molar-refractivity contribution is 8.08. The van der Waals surface area contributed by atoms with Gasteiger partial charge in [0.1, 0.15) is 31.2 Å². The number of aliphatic hydroxyl groups excluding tert-OH is 2. The van der Waals surface area contributed by atoms with Gasteiger partial charge in [0.15, 0.2) is 35.5 Å². The Morgan fingerprint density at radius 3 is 2.41 bits per heavy atom. The number of hydrogen-bond acceptors (Lipinski definition) is 17. The van der Waals surface area contributed by atoms with Gasteiger partial charge in [-0.25, -0.2) is 28.2 Å². The molecule has 296 valence electrons. The molecule has 2 aliphatic heterocycles. The molecule has 1 amide bonds. The lowest BCUT2D eigenvalue weighted by atomic mass is 9.82. The monoisotopic (exact) mass is 821 g/mol. The van der Waals surface area contributed by atoms with Gasteiger partial charge in [0.25, 0.3) is 5.91 Å². The fourth-order valence-electron chi connectivity index (χ4n) is 5.82. The molecule has 2 aromatic heterocycles. The smallest absolute Gasteiger partial charge is 0.463 e. The van der Waals surface area contributed by atoms with E-state index < -0.39 is 107 Å². The Morgan fingerprint density at radius 2 is 1.74 bits per heavy atom. The third-order valence-electron chi connectivity index (χ3n) is 8.61. The number of anilines is 1. The SMILES string of the molecule is CC(=O)OC[C@H](F)C1O[C@@H](OP(=O)(O)OP(O)(=S)OC[C@H]2O[C@@H](n3cnc4c(NC(=O)c5ccccc5)ncnc43)[C@@H](O)C2O)C(OC(C)=O)[C@@H](C)[C@@H]1C. The Hall–Kier alpha value is -3.37. The summed E-state index contributed by atoms with van der Waals surface area (Å²) in [5.74, 6) is -3.41. The number of nitrogens with one attached hydrogen (secondary N) is 1. The molecule has 2 fully saturated rings. The predicted molar refractivity (Wildman–Crippen MR) is 184 cm³/mol. The van der Waals surface area contributed by atoms with Crippen LogP contribution in [0.3, 0.4) is 0 Å². The average Bonchev–Trinajstić information content (AvgIpc) is 3.66. The second-order valence-electron chi connectivity index (χ2n) is 12.4. The number of amides is 1. The zero-order valence-electron chi connectivity index (χ0n) is 29.0. The van der Waals surface area contributed by atoms with E-state index in [0.717, 1.165) is 20.2 Å². The maximum Gasteiger partial charge on any atom is 0.481 e. The van der Waals surface area contributed by atoms with Crippen LogP contribution in [-0.4, -0.2) is 114 Å². The van der Waals surface area contributed by atoms with Gasteiger partial charge in [0.2, 0.25) is 6.29 Å². The average molecular weight is 822 g/mol. The first-order valence-corrected chi connectivity index (χ1v) is 20.3. The summed E-state index contributed by atoms with van der Waals surface area (Å²) in [7, 11) is -5.46. The summed E-state index contributed by atoms with van der Waals surface area (Å²) in [5, 5.41) is 24.3. The number of ether oxygens (including phenoxy) is 4. The second-order valence-corrected chi connectivity index (χ2v) is 16.8. The molecule has 5 N–H and O–H groups in total. The number of nitrogens with zero attached hydrogens (tertiary/aromatic N) is 4. The van der Waals surface area contributed by atoms with Crippen LogP contribution in [-0.2, 0) is 58.3 Å². The minimum Gasteiger partial charge on any atom is -0.463 e. The Labute approximate surface area is 311 Å². The number of halogens is 1. The number of imidazole rings is 1. The Kier molecular flexibility index (Phi) is 13.3. The molecule has 5 rings (SSSR count). The van der Waals surface area contributed by atoms with Crippen LogP contribution in [0, 0.1) is 11.8 Å². The number of aliphatic hydroxyl groups is 2. The van der Waals surface area contributed by atoms with Crippen molar-refractivity contribution in [1.82, 2.24) is 19.5 Å². The number of carbonyl (C=O) groups is 3. The van der Waals surface area contributed by atoms with Crippen molar-refractivity contribution in [3.8, 4) is 0 Å². The highest BCUT2D eigenvalue weighted by atomic mass is 32.5. The number of phosphoric ester groups is 1. The summed E-state index contributed by atoms with van der Waals surface area (Å²) >= 11 is 4.89. The standard InChI is InChI=1S/C30H38FN5O15P2S/c1-14-15(2)25(47-17(4)38)30(49-24(14)19(31)10-45-16(3)37)50-52(42,43)51-53(44,54)46-11-20-22(39)23(40)29(48-20)36-13-34-21-26(32-12-33-27(21)36)35-28(41)18-8-6-5-7-9-18/h5-9,12-15,19-20,22-25,29-30,39-40H,10-11H2,1-4H3,(H,42,43)(H,44,54)(H,32,33,35,41)/t14-,15-,19-,20+,22?,23-,24?,25?,29+,30-,53?/m0/s1. The minimum atomic E-state index is -5.46. The molecule has 12 atom stereocenters. The molecule has 24 heteroatoms. The van der Waals surface area contributed by atoms with Crippen LogP contribution in [0.2, 0.25) is 0 Å². The summed E-state index contributed by atoms with van der Waals surface area (Å²) < 4.78 is 65.8. The number of benzene rings is 1. The van der Waals surface area contributed by atoms with Gasteiger partial charge in [-0.1, -0.05) is 32.0 Å². The molecule has 0 radical (unpaired) electrons. The number of alkyl halides is 1. The summed E-state index contributed by atoms with van der Waals surface area (Å²) in [6, 6.07) is 8.32. The van der Waals surface area contributed by atoms with E-state index in [-0.39, 0.29) is 17.0 Å². The van der Waals surface area contributed by atoms with Gasteiger partial charge in [-0.05, 0) is 29.9 Å². The van der Waals surface area contributed by atoms with E-state index in [1.807, 2.05) is 0 Å². The molecule has 4 heterocycles. The van der Waals surface area contributed by atoms with Gasteiger partial charge in [0.05, 0.1) is 19.0 Å². The molecule has 5 unspecified atom stereocenters. The minimum absolute atomic E-state index is 0.0538. The van der Waals surface area contributed by atoms with Crippen LogP contribution < -0.4 is 5.32 Å². The third-order valence-corrected chi connectivity index (χ3v) is 12.1. The van der Waals surface area contributed by atoms with Gasteiger partial charge in [-0.2, -0.15) is 0 Å². The van der Waals surface area contributed by atoms with Crippen molar-refractivity contribution < 1.29 is 75.6 Å². The van der Waals surface area contributed by atoms with Crippen LogP contribution in [0.15, 0.2) is 43.0 Å². The number of aromatic nitrogens is 4. The topological polar surface area (TPSA) is 269 Å². The predicted octanol–water partition coefficient (Wildman–Crippen LogP) is 1.89. The first kappa shape index (κ1) is 41.8. The van der Waals surface area contributed by atoms with E-state index in [4.69, 9.17) is 44.1 Å². The lowest BCUT2D eigenvalue weighted by Gasteiger charge is -2.44. The normalized spacial score (nSPS) is 29.8. The van der Waals surface area contributed by atoms with E-state index in [2.05, 4.69) is 20.3 Å². The zero-order valence-corrected chi connectivity index (χ0v) is 31.6. The molecule has 3 aromatic rings. The zero-order chi connectivity index (χ0) is 39.5. The molecule has 0 aliphatic carbocycles. The number of fused-ring (bicyclic) bond motifs is 1. The van der Waals surface area contributed by atoms with Crippen LogP contribution in [0.25, 0.3) is 11.2 Å². The highest BCUT2D eigenvalue weighted by Crippen LogP contribution is 2.62. The van der Waals surface area contributed by atoms with E-state index in [1.165, 1.54) is 10.9 Å². The summed E-state index contributed by atoms with van der Waals surface area (Å²) in [6.07, 6.45) is -10.3. The lowest BCUT2D eigenvalue weighted by Crippen LogP contribution is -2.55. The van der Waals surface area contributed by atoms with Crippen molar-refractivity contribution in [2.24, 2.45) is 11.8 Å². The molecular weight excluding hydrogens is 783 g/mol. The van der Waals surface area contributed by atoms with Crippen molar-refractivity contribution in [2.75, 3.05) is 18.5 Å². The number of phosphoric acid groups is 1. The fraction of sp³-hybridized carbons (Fsp3) is 0.533. The van der Waals surface area contributed by atoms with Crippen molar-refractivity contribution in [3.05, 3.63) is 48.5 Å². The van der Waals surface area contributed by atoms with Crippen LogP contribution in [0.5, 0.6) is 0 Å². The van der Waals surface area contributed by atoms with E-state index in [0.29, 0.717) is 5.56 Å². The maximum atomic E-state index is 15.1. The molecule has 20 nitrogen and oxygen atoms in total. The van der Waals surface area contributed by atoms with Gasteiger partial charge in [-0.15, -0.1) is 0 Å². The fourth-order valence-corrected chi connectivity index (χ4v) is 8.91.